The van der Waals surface area contributed by atoms with Crippen molar-refractivity contribution in [3.63, 3.8) is 0 Å². The average molecular weight is 340 g/mol. The van der Waals surface area contributed by atoms with Gasteiger partial charge in [0.2, 0.25) is 0 Å². The summed E-state index contributed by atoms with van der Waals surface area (Å²) in [5.41, 5.74) is 2.76. The van der Waals surface area contributed by atoms with Crippen LogP contribution in [-0.4, -0.2) is 30.7 Å². The van der Waals surface area contributed by atoms with Crippen LogP contribution in [0.3, 0.4) is 0 Å². The van der Waals surface area contributed by atoms with Crippen LogP contribution in [-0.2, 0) is 0 Å². The first-order chi connectivity index (χ1) is 12.1. The van der Waals surface area contributed by atoms with Crippen molar-refractivity contribution in [1.29, 1.82) is 5.26 Å². The Balaban J connectivity index is 2.38. The van der Waals surface area contributed by atoms with E-state index in [0.29, 0.717) is 28.7 Å². The van der Waals surface area contributed by atoms with Gasteiger partial charge in [0.05, 0.1) is 37.2 Å². The number of benzene rings is 1. The van der Waals surface area contributed by atoms with Crippen LogP contribution in [0.5, 0.6) is 11.6 Å². The van der Waals surface area contributed by atoms with E-state index in [0.717, 1.165) is 24.2 Å². The molecule has 1 aromatic carbocycles. The summed E-state index contributed by atoms with van der Waals surface area (Å²) >= 11 is 0. The number of anilines is 1. The van der Waals surface area contributed by atoms with Gasteiger partial charge in [-0.25, -0.2) is 9.97 Å². The number of hydrogen-bond donors (Lipinski definition) is 1. The van der Waals surface area contributed by atoms with E-state index in [2.05, 4.69) is 28.3 Å². The van der Waals surface area contributed by atoms with Crippen molar-refractivity contribution in [2.24, 2.45) is 0 Å². The van der Waals surface area contributed by atoms with Crippen LogP contribution in [0.25, 0.3) is 11.3 Å². The highest BCUT2D eigenvalue weighted by atomic mass is 16.5. The van der Waals surface area contributed by atoms with E-state index in [-0.39, 0.29) is 0 Å². The standard InChI is InChI=1S/C19H24N4O2/c1-5-6-7-10-21-18-19(25-4)23-17(13(2)22-18)15-9-8-14(12-20)11-16(15)24-3/h8-9,11H,5-7,10H2,1-4H3,(H,21,22). The van der Waals surface area contributed by atoms with Crippen LogP contribution >= 0.6 is 0 Å². The zero-order chi connectivity index (χ0) is 18.2. The third-order valence-corrected chi connectivity index (χ3v) is 3.89. The number of nitrogens with zero attached hydrogens (tertiary/aromatic N) is 3. The van der Waals surface area contributed by atoms with Gasteiger partial charge in [-0.2, -0.15) is 5.26 Å². The molecule has 1 N–H and O–H groups in total. The average Bonchev–Trinajstić information content (AvgIpc) is 2.65. The predicted molar refractivity (Wildman–Crippen MR) is 98.0 cm³/mol. The number of aryl methyl sites for hydroxylation is 1. The molecular weight excluding hydrogens is 316 g/mol. The Kier molecular flexibility index (Phi) is 6.58. The Morgan fingerprint density at radius 3 is 2.60 bits per heavy atom. The summed E-state index contributed by atoms with van der Waals surface area (Å²) in [6.45, 7) is 4.90. The lowest BCUT2D eigenvalue weighted by Crippen LogP contribution is -2.08. The van der Waals surface area contributed by atoms with Crippen molar-refractivity contribution in [3.05, 3.63) is 29.5 Å². The maximum absolute atomic E-state index is 9.05. The number of methoxy groups -OCH3 is 2. The van der Waals surface area contributed by atoms with E-state index in [1.54, 1.807) is 26.4 Å². The summed E-state index contributed by atoms with van der Waals surface area (Å²) in [6, 6.07) is 7.36. The van der Waals surface area contributed by atoms with E-state index < -0.39 is 0 Å². The van der Waals surface area contributed by atoms with E-state index in [4.69, 9.17) is 14.7 Å². The molecule has 6 heteroatoms. The topological polar surface area (TPSA) is 80.1 Å². The molecule has 0 atom stereocenters. The molecule has 0 spiro atoms. The Morgan fingerprint density at radius 2 is 1.96 bits per heavy atom. The molecule has 0 saturated heterocycles. The molecule has 0 aliphatic rings. The van der Waals surface area contributed by atoms with Gasteiger partial charge in [0.15, 0.2) is 5.82 Å². The lowest BCUT2D eigenvalue weighted by molar-refractivity contribution is 0.397. The fourth-order valence-electron chi connectivity index (χ4n) is 2.55. The van der Waals surface area contributed by atoms with Crippen LogP contribution in [0.1, 0.15) is 37.4 Å². The first-order valence-electron chi connectivity index (χ1n) is 8.39. The molecule has 0 aliphatic heterocycles. The molecule has 2 aromatic rings. The molecule has 132 valence electrons. The second-order valence-corrected chi connectivity index (χ2v) is 5.68. The smallest absolute Gasteiger partial charge is 0.257 e. The van der Waals surface area contributed by atoms with Crippen molar-refractivity contribution in [3.8, 4) is 29.0 Å². The van der Waals surface area contributed by atoms with E-state index in [1.165, 1.54) is 12.8 Å². The predicted octanol–water partition coefficient (Wildman–Crippen LogP) is 3.94. The van der Waals surface area contributed by atoms with Crippen molar-refractivity contribution in [2.75, 3.05) is 26.1 Å². The van der Waals surface area contributed by atoms with Gasteiger partial charge in [0.1, 0.15) is 5.75 Å². The molecule has 6 nitrogen and oxygen atoms in total. The number of nitriles is 1. The Morgan fingerprint density at radius 1 is 1.16 bits per heavy atom. The first-order valence-corrected chi connectivity index (χ1v) is 8.39. The van der Waals surface area contributed by atoms with Crippen LogP contribution in [0, 0.1) is 18.3 Å². The van der Waals surface area contributed by atoms with Crippen molar-refractivity contribution < 1.29 is 9.47 Å². The molecule has 0 saturated carbocycles. The summed E-state index contributed by atoms with van der Waals surface area (Å²) in [7, 11) is 3.15. The lowest BCUT2D eigenvalue weighted by Gasteiger charge is -2.15. The normalized spacial score (nSPS) is 10.2. The molecule has 0 aliphatic carbocycles. The fourth-order valence-corrected chi connectivity index (χ4v) is 2.55. The maximum atomic E-state index is 9.05. The van der Waals surface area contributed by atoms with Crippen LogP contribution in [0.15, 0.2) is 18.2 Å². The molecule has 0 radical (unpaired) electrons. The summed E-state index contributed by atoms with van der Waals surface area (Å²) in [4.78, 5) is 9.23. The van der Waals surface area contributed by atoms with Crippen molar-refractivity contribution >= 4 is 5.82 Å². The third kappa shape index (κ3) is 4.38. The Hall–Kier alpha value is -2.81. The minimum Gasteiger partial charge on any atom is -0.496 e. The van der Waals surface area contributed by atoms with Gasteiger partial charge in [-0.15, -0.1) is 0 Å². The van der Waals surface area contributed by atoms with Crippen LogP contribution in [0.4, 0.5) is 5.82 Å². The molecular formula is C19H24N4O2. The van der Waals surface area contributed by atoms with Gasteiger partial charge in [0, 0.05) is 12.1 Å². The van der Waals surface area contributed by atoms with E-state index in [1.807, 2.05) is 13.0 Å². The van der Waals surface area contributed by atoms with Crippen molar-refractivity contribution in [1.82, 2.24) is 9.97 Å². The molecule has 0 amide bonds. The Labute approximate surface area is 148 Å². The fraction of sp³-hybridized carbons (Fsp3) is 0.421. The van der Waals surface area contributed by atoms with Crippen LogP contribution < -0.4 is 14.8 Å². The third-order valence-electron chi connectivity index (χ3n) is 3.89. The quantitative estimate of drug-likeness (QED) is 0.733. The second kappa shape index (κ2) is 8.88. The number of hydrogen-bond acceptors (Lipinski definition) is 6. The highest BCUT2D eigenvalue weighted by molar-refractivity contribution is 5.71. The molecule has 1 aromatic heterocycles. The van der Waals surface area contributed by atoms with Gasteiger partial charge in [0.25, 0.3) is 5.88 Å². The van der Waals surface area contributed by atoms with E-state index >= 15 is 0 Å². The SMILES string of the molecule is CCCCCNc1nc(C)c(-c2ccc(C#N)cc2OC)nc1OC. The van der Waals surface area contributed by atoms with Gasteiger partial charge >= 0.3 is 0 Å². The number of rotatable bonds is 8. The monoisotopic (exact) mass is 340 g/mol. The lowest BCUT2D eigenvalue weighted by atomic mass is 10.1. The van der Waals surface area contributed by atoms with Crippen LogP contribution in [0.2, 0.25) is 0 Å². The van der Waals surface area contributed by atoms with Gasteiger partial charge in [-0.05, 0) is 31.5 Å². The maximum Gasteiger partial charge on any atom is 0.257 e. The molecule has 1 heterocycles. The van der Waals surface area contributed by atoms with Gasteiger partial charge in [-0.3, -0.25) is 0 Å². The molecule has 2 rings (SSSR count). The minimum atomic E-state index is 0.448. The summed E-state index contributed by atoms with van der Waals surface area (Å²) < 4.78 is 10.8. The van der Waals surface area contributed by atoms with Gasteiger partial charge in [-0.1, -0.05) is 19.8 Å². The number of aromatic nitrogens is 2. The number of nitrogens with one attached hydrogen (secondary N) is 1. The highest BCUT2D eigenvalue weighted by Gasteiger charge is 2.16. The van der Waals surface area contributed by atoms with E-state index in [9.17, 15) is 0 Å². The summed E-state index contributed by atoms with van der Waals surface area (Å²) in [5.74, 6) is 1.68. The number of unbranched alkanes of at least 4 members (excludes halogenated alkanes) is 2. The highest BCUT2D eigenvalue weighted by Crippen LogP contribution is 2.34. The zero-order valence-electron chi connectivity index (χ0n) is 15.2. The Bertz CT molecular complexity index is 769. The zero-order valence-corrected chi connectivity index (χ0v) is 15.2. The number of ether oxygens (including phenoxy) is 2. The molecule has 25 heavy (non-hydrogen) atoms. The molecule has 0 fully saturated rings. The van der Waals surface area contributed by atoms with Gasteiger partial charge < -0.3 is 14.8 Å². The largest absolute Gasteiger partial charge is 0.496 e. The first kappa shape index (κ1) is 18.5. The summed E-state index contributed by atoms with van der Waals surface area (Å²) in [6.07, 6.45) is 3.41. The summed E-state index contributed by atoms with van der Waals surface area (Å²) in [5, 5.41) is 12.3. The molecule has 0 bridgehead atoms. The minimum absolute atomic E-state index is 0.448. The molecule has 0 unspecified atom stereocenters. The van der Waals surface area contributed by atoms with Crippen molar-refractivity contribution in [2.45, 2.75) is 33.1 Å². The second-order valence-electron chi connectivity index (χ2n) is 5.68.